The first-order valence-corrected chi connectivity index (χ1v) is 6.19. The summed E-state index contributed by atoms with van der Waals surface area (Å²) in [6, 6.07) is 3.58. The maximum Gasteiger partial charge on any atom is 0.343 e. The highest BCUT2D eigenvalue weighted by Crippen LogP contribution is 2.29. The van der Waals surface area contributed by atoms with Gasteiger partial charge in [0.05, 0.1) is 7.11 Å². The highest BCUT2D eigenvalue weighted by Gasteiger charge is 2.13. The summed E-state index contributed by atoms with van der Waals surface area (Å²) in [5.41, 5.74) is 2.30. The molecule has 0 saturated carbocycles. The quantitative estimate of drug-likeness (QED) is 0.635. The van der Waals surface area contributed by atoms with Gasteiger partial charge in [-0.2, -0.15) is 0 Å². The van der Waals surface area contributed by atoms with Crippen molar-refractivity contribution in [1.29, 1.82) is 0 Å². The van der Waals surface area contributed by atoms with E-state index in [1.54, 1.807) is 19.9 Å². The lowest BCUT2D eigenvalue weighted by atomic mass is 10.0. The summed E-state index contributed by atoms with van der Waals surface area (Å²) in [5.74, 6) is 0.0281. The van der Waals surface area contributed by atoms with Crippen molar-refractivity contribution >= 4 is 16.9 Å². The van der Waals surface area contributed by atoms with Crippen LogP contribution in [0.15, 0.2) is 21.3 Å². The fraction of sp³-hybridized carbons (Fsp3) is 0.333. The number of ether oxygens (including phenoxy) is 2. The normalized spacial score (nSPS) is 10.6. The molecule has 0 radical (unpaired) electrons. The first-order chi connectivity index (χ1) is 9.45. The zero-order chi connectivity index (χ0) is 14.9. The predicted molar refractivity (Wildman–Crippen MR) is 74.2 cm³/mol. The van der Waals surface area contributed by atoms with E-state index in [2.05, 4.69) is 4.74 Å². The predicted octanol–water partition coefficient (Wildman–Crippen LogP) is 2.27. The molecule has 0 unspecified atom stereocenters. The van der Waals surface area contributed by atoms with Crippen LogP contribution >= 0.6 is 0 Å². The molecule has 0 aliphatic heterocycles. The Hall–Kier alpha value is -2.30. The molecule has 0 aliphatic carbocycles. The number of fused-ring (bicyclic) bond motifs is 1. The summed E-state index contributed by atoms with van der Waals surface area (Å²) in [6.07, 6.45) is 0. The smallest absolute Gasteiger partial charge is 0.343 e. The van der Waals surface area contributed by atoms with Crippen molar-refractivity contribution in [1.82, 2.24) is 0 Å². The van der Waals surface area contributed by atoms with E-state index < -0.39 is 5.97 Å². The minimum atomic E-state index is -0.467. The number of carbonyl (C=O) groups excluding carboxylic acids is 1. The van der Waals surface area contributed by atoms with Gasteiger partial charge < -0.3 is 13.9 Å². The van der Waals surface area contributed by atoms with Crippen LogP contribution < -0.4 is 10.4 Å². The molecule has 20 heavy (non-hydrogen) atoms. The number of esters is 1. The molecule has 1 aromatic carbocycles. The molecule has 0 bridgehead atoms. The van der Waals surface area contributed by atoms with Crippen LogP contribution in [-0.2, 0) is 9.53 Å². The molecule has 0 atom stereocenters. The van der Waals surface area contributed by atoms with E-state index in [4.69, 9.17) is 9.15 Å². The SMILES string of the molecule is COC(=O)COc1ccc2c(C)c(C)c(=O)oc2c1C. The number of aryl methyl sites for hydroxylation is 2. The van der Waals surface area contributed by atoms with Crippen molar-refractivity contribution in [2.45, 2.75) is 20.8 Å². The Morgan fingerprint density at radius 3 is 2.50 bits per heavy atom. The first-order valence-electron chi connectivity index (χ1n) is 6.19. The number of hydrogen-bond donors (Lipinski definition) is 0. The monoisotopic (exact) mass is 276 g/mol. The molecule has 5 heteroatoms. The second kappa shape index (κ2) is 5.36. The summed E-state index contributed by atoms with van der Waals surface area (Å²) in [4.78, 5) is 22.8. The average Bonchev–Trinajstić information content (AvgIpc) is 2.44. The highest BCUT2D eigenvalue weighted by atomic mass is 16.6. The Morgan fingerprint density at radius 1 is 1.15 bits per heavy atom. The van der Waals surface area contributed by atoms with Crippen molar-refractivity contribution in [3.05, 3.63) is 39.2 Å². The molecule has 0 N–H and O–H groups in total. The van der Waals surface area contributed by atoms with Gasteiger partial charge >= 0.3 is 11.6 Å². The Bertz CT molecular complexity index is 727. The number of carbonyl (C=O) groups is 1. The van der Waals surface area contributed by atoms with E-state index in [0.717, 1.165) is 10.9 Å². The van der Waals surface area contributed by atoms with Gasteiger partial charge in [-0.15, -0.1) is 0 Å². The van der Waals surface area contributed by atoms with Crippen LogP contribution in [0.1, 0.15) is 16.7 Å². The van der Waals surface area contributed by atoms with Crippen molar-refractivity contribution in [2.24, 2.45) is 0 Å². The van der Waals surface area contributed by atoms with Gasteiger partial charge in [-0.3, -0.25) is 0 Å². The Kier molecular flexibility index (Phi) is 3.79. The van der Waals surface area contributed by atoms with Crippen molar-refractivity contribution in [3.8, 4) is 5.75 Å². The molecule has 0 saturated heterocycles. The van der Waals surface area contributed by atoms with Crippen LogP contribution in [0.4, 0.5) is 0 Å². The lowest BCUT2D eigenvalue weighted by Crippen LogP contribution is -2.13. The molecule has 1 aromatic heterocycles. The van der Waals surface area contributed by atoms with Gasteiger partial charge in [0.15, 0.2) is 6.61 Å². The second-order valence-corrected chi connectivity index (χ2v) is 4.57. The molecule has 1 heterocycles. The van der Waals surface area contributed by atoms with Crippen molar-refractivity contribution < 1.29 is 18.7 Å². The number of hydrogen-bond acceptors (Lipinski definition) is 5. The zero-order valence-corrected chi connectivity index (χ0v) is 11.9. The van der Waals surface area contributed by atoms with E-state index in [1.807, 2.05) is 13.0 Å². The van der Waals surface area contributed by atoms with E-state index in [-0.39, 0.29) is 12.2 Å². The molecular weight excluding hydrogens is 260 g/mol. The van der Waals surface area contributed by atoms with E-state index in [9.17, 15) is 9.59 Å². The van der Waals surface area contributed by atoms with Crippen molar-refractivity contribution in [3.63, 3.8) is 0 Å². The third-order valence-corrected chi connectivity index (χ3v) is 3.40. The summed E-state index contributed by atoms with van der Waals surface area (Å²) in [6.45, 7) is 5.21. The zero-order valence-electron chi connectivity index (χ0n) is 11.9. The molecular formula is C15H16O5. The van der Waals surface area contributed by atoms with Gasteiger partial charge in [-0.25, -0.2) is 9.59 Å². The molecule has 2 aromatic rings. The van der Waals surface area contributed by atoms with Crippen molar-refractivity contribution in [2.75, 3.05) is 13.7 Å². The number of methoxy groups -OCH3 is 1. The summed E-state index contributed by atoms with van der Waals surface area (Å²) < 4.78 is 15.2. The Morgan fingerprint density at radius 2 is 1.85 bits per heavy atom. The summed E-state index contributed by atoms with van der Waals surface area (Å²) >= 11 is 0. The molecule has 5 nitrogen and oxygen atoms in total. The maximum absolute atomic E-state index is 11.7. The first kappa shape index (κ1) is 14.1. The van der Waals surface area contributed by atoms with Crippen LogP contribution in [0.2, 0.25) is 0 Å². The maximum atomic E-state index is 11.7. The van der Waals surface area contributed by atoms with Crippen LogP contribution in [-0.4, -0.2) is 19.7 Å². The van der Waals surface area contributed by atoms with E-state index in [1.165, 1.54) is 7.11 Å². The summed E-state index contributed by atoms with van der Waals surface area (Å²) in [5, 5.41) is 0.866. The number of benzene rings is 1. The van der Waals surface area contributed by atoms with Crippen LogP contribution in [0.25, 0.3) is 11.0 Å². The topological polar surface area (TPSA) is 65.7 Å². The third kappa shape index (κ3) is 2.39. The summed E-state index contributed by atoms with van der Waals surface area (Å²) in [7, 11) is 1.30. The second-order valence-electron chi connectivity index (χ2n) is 4.57. The molecule has 0 spiro atoms. The van der Waals surface area contributed by atoms with Gasteiger partial charge in [0.2, 0.25) is 0 Å². The molecule has 0 aliphatic rings. The fourth-order valence-corrected chi connectivity index (χ4v) is 1.98. The van der Waals surface area contributed by atoms with Crippen LogP contribution in [0.5, 0.6) is 5.75 Å². The van der Waals surface area contributed by atoms with Gasteiger partial charge in [-0.05, 0) is 38.5 Å². The molecule has 0 fully saturated rings. The fourth-order valence-electron chi connectivity index (χ4n) is 1.98. The Balaban J connectivity index is 2.51. The molecule has 2 rings (SSSR count). The largest absolute Gasteiger partial charge is 0.481 e. The van der Waals surface area contributed by atoms with E-state index >= 15 is 0 Å². The lowest BCUT2D eigenvalue weighted by Gasteiger charge is -2.11. The average molecular weight is 276 g/mol. The van der Waals surface area contributed by atoms with Gasteiger partial charge in [0.1, 0.15) is 11.3 Å². The van der Waals surface area contributed by atoms with E-state index in [0.29, 0.717) is 22.5 Å². The lowest BCUT2D eigenvalue weighted by molar-refractivity contribution is -0.142. The highest BCUT2D eigenvalue weighted by molar-refractivity contribution is 5.85. The third-order valence-electron chi connectivity index (χ3n) is 3.40. The van der Waals surface area contributed by atoms with Gasteiger partial charge in [-0.1, -0.05) is 0 Å². The molecule has 106 valence electrons. The minimum absolute atomic E-state index is 0.183. The van der Waals surface area contributed by atoms with Crippen LogP contribution in [0, 0.1) is 20.8 Å². The Labute approximate surface area is 116 Å². The van der Waals surface area contributed by atoms with Gasteiger partial charge in [0.25, 0.3) is 0 Å². The molecule has 0 amide bonds. The number of rotatable bonds is 3. The minimum Gasteiger partial charge on any atom is -0.481 e. The van der Waals surface area contributed by atoms with Crippen LogP contribution in [0.3, 0.4) is 0 Å². The van der Waals surface area contributed by atoms with Gasteiger partial charge in [0, 0.05) is 16.5 Å². The standard InChI is InChI=1S/C15H16O5/c1-8-9(2)15(17)20-14-10(3)12(6-5-11(8)14)19-7-13(16)18-4/h5-6H,7H2,1-4H3.